The second kappa shape index (κ2) is 11.4. The molecule has 0 unspecified atom stereocenters. The molecule has 0 aliphatic rings. The topological polar surface area (TPSA) is 57.4 Å². The van der Waals surface area contributed by atoms with E-state index in [1.54, 1.807) is 0 Å². The van der Waals surface area contributed by atoms with E-state index in [-0.39, 0.29) is 0 Å². The van der Waals surface area contributed by atoms with E-state index in [2.05, 4.69) is 149 Å². The lowest BCUT2D eigenvalue weighted by Gasteiger charge is -2.18. The maximum atomic E-state index is 10.8. The molecule has 4 nitrogen and oxygen atoms in total. The molecule has 49 heavy (non-hydrogen) atoms. The normalized spacial score (nSPS) is 11.3. The Labute approximate surface area is 283 Å². The largest absolute Gasteiger partial charge is 0.336 e. The highest BCUT2D eigenvalue weighted by atomic mass is 15.0. The lowest BCUT2D eigenvalue weighted by molar-refractivity contribution is 0.869. The van der Waals surface area contributed by atoms with Gasteiger partial charge in [-0.2, -0.15) is 10.5 Å². The van der Waals surface area contributed by atoms with Crippen molar-refractivity contribution >= 4 is 43.6 Å². The first-order valence-electron chi connectivity index (χ1n) is 16.4. The summed E-state index contributed by atoms with van der Waals surface area (Å²) in [5, 5.41) is 26.1. The van der Waals surface area contributed by atoms with Gasteiger partial charge in [-0.15, -0.1) is 0 Å². The molecule has 9 rings (SSSR count). The molecule has 0 radical (unpaired) electrons. The van der Waals surface area contributed by atoms with Crippen LogP contribution in [0.15, 0.2) is 158 Å². The smallest absolute Gasteiger partial charge is 0.100 e. The quantitative estimate of drug-likeness (QED) is 0.191. The first-order valence-corrected chi connectivity index (χ1v) is 16.4. The maximum absolute atomic E-state index is 10.8. The molecule has 0 aliphatic carbocycles. The third-order valence-electron chi connectivity index (χ3n) is 9.69. The summed E-state index contributed by atoms with van der Waals surface area (Å²) >= 11 is 0. The van der Waals surface area contributed by atoms with Gasteiger partial charge in [0.25, 0.3) is 0 Å². The zero-order valence-electron chi connectivity index (χ0n) is 26.5. The van der Waals surface area contributed by atoms with Crippen LogP contribution in [0.5, 0.6) is 0 Å². The van der Waals surface area contributed by atoms with Gasteiger partial charge in [0, 0.05) is 55.8 Å². The van der Waals surface area contributed by atoms with Crippen LogP contribution in [0.25, 0.3) is 71.6 Å². The summed E-state index contributed by atoms with van der Waals surface area (Å²) in [7, 11) is 0. The van der Waals surface area contributed by atoms with Gasteiger partial charge in [0.15, 0.2) is 0 Å². The molecule has 228 valence electrons. The predicted molar refractivity (Wildman–Crippen MR) is 200 cm³/mol. The lowest BCUT2D eigenvalue weighted by atomic mass is 9.88. The number of hydrogen-bond acceptors (Lipinski definition) is 2. The molecule has 0 saturated heterocycles. The summed E-state index contributed by atoms with van der Waals surface area (Å²) in [5.41, 5.74) is 10.8. The van der Waals surface area contributed by atoms with Gasteiger partial charge in [0.2, 0.25) is 0 Å². The van der Waals surface area contributed by atoms with Crippen LogP contribution in [-0.4, -0.2) is 9.13 Å². The van der Waals surface area contributed by atoms with E-state index in [1.807, 2.05) is 30.3 Å². The summed E-state index contributed by atoms with van der Waals surface area (Å²) in [6.45, 7) is 0.684. The van der Waals surface area contributed by atoms with Gasteiger partial charge in [0.05, 0.1) is 33.9 Å². The Morgan fingerprint density at radius 3 is 1.63 bits per heavy atom. The third-order valence-corrected chi connectivity index (χ3v) is 9.69. The molecule has 9 aromatic rings. The van der Waals surface area contributed by atoms with Crippen LogP contribution in [0.4, 0.5) is 0 Å². The van der Waals surface area contributed by atoms with Crippen LogP contribution in [0.2, 0.25) is 0 Å². The van der Waals surface area contributed by atoms with Crippen molar-refractivity contribution < 1.29 is 0 Å². The average molecular weight is 625 g/mol. The Morgan fingerprint density at radius 2 is 1.02 bits per heavy atom. The van der Waals surface area contributed by atoms with Crippen molar-refractivity contribution in [3.63, 3.8) is 0 Å². The van der Waals surface area contributed by atoms with Crippen molar-refractivity contribution in [3.8, 4) is 40.1 Å². The summed E-state index contributed by atoms with van der Waals surface area (Å²) in [6.07, 6.45) is 0. The number of aromatic nitrogens is 2. The fourth-order valence-electron chi connectivity index (χ4n) is 7.59. The molecular formula is C45H28N4. The first-order chi connectivity index (χ1) is 24.2. The zero-order valence-corrected chi connectivity index (χ0v) is 26.5. The van der Waals surface area contributed by atoms with Gasteiger partial charge in [-0.1, -0.05) is 115 Å². The molecular weight excluding hydrogens is 597 g/mol. The number of benzene rings is 7. The van der Waals surface area contributed by atoms with Gasteiger partial charge in [-0.3, -0.25) is 0 Å². The summed E-state index contributed by atoms with van der Waals surface area (Å²) < 4.78 is 4.61. The molecule has 7 aromatic carbocycles. The molecule has 0 saturated carbocycles. The Morgan fingerprint density at radius 1 is 0.469 bits per heavy atom. The predicted octanol–water partition coefficient (Wildman–Crippen LogP) is 11.0. The standard InChI is InChI=1S/C45H28N4/c46-27-32-24-25-33(31-13-11-12-30(26-31)29-48-40-19-6-1-14-34(40)35-15-2-7-20-41(35)48)39(28-47)45(32)38-18-5-10-23-44(38)49-42-21-8-3-16-36(42)37-17-4-9-22-43(37)49/h1-26H,29H2. The molecule has 0 spiro atoms. The molecule has 0 fully saturated rings. The van der Waals surface area contributed by atoms with Crippen LogP contribution in [0, 0.1) is 22.7 Å². The zero-order chi connectivity index (χ0) is 32.9. The molecule has 0 atom stereocenters. The van der Waals surface area contributed by atoms with Crippen LogP contribution in [0.1, 0.15) is 16.7 Å². The van der Waals surface area contributed by atoms with Gasteiger partial charge >= 0.3 is 0 Å². The number of fused-ring (bicyclic) bond motifs is 6. The number of nitriles is 2. The van der Waals surface area contributed by atoms with E-state index in [0.717, 1.165) is 49.7 Å². The monoisotopic (exact) mass is 624 g/mol. The van der Waals surface area contributed by atoms with E-state index in [4.69, 9.17) is 0 Å². The molecule has 0 bridgehead atoms. The summed E-state index contributed by atoms with van der Waals surface area (Å²) in [5.74, 6) is 0. The molecule has 2 aromatic heterocycles. The Bertz CT molecular complexity index is 2730. The minimum Gasteiger partial charge on any atom is -0.336 e. The third kappa shape index (κ3) is 4.43. The number of rotatable bonds is 5. The van der Waals surface area contributed by atoms with Crippen molar-refractivity contribution in [2.45, 2.75) is 6.54 Å². The Balaban J connectivity index is 1.22. The van der Waals surface area contributed by atoms with Crippen molar-refractivity contribution in [1.29, 1.82) is 10.5 Å². The average Bonchev–Trinajstić information content (AvgIpc) is 3.67. The highest BCUT2D eigenvalue weighted by Crippen LogP contribution is 2.41. The van der Waals surface area contributed by atoms with E-state index in [9.17, 15) is 10.5 Å². The van der Waals surface area contributed by atoms with Crippen LogP contribution < -0.4 is 0 Å². The van der Waals surface area contributed by atoms with Crippen molar-refractivity contribution in [1.82, 2.24) is 9.13 Å². The fraction of sp³-hybridized carbons (Fsp3) is 0.0222. The molecule has 0 N–H and O–H groups in total. The second-order valence-corrected chi connectivity index (χ2v) is 12.3. The van der Waals surface area contributed by atoms with Crippen molar-refractivity contribution in [2.24, 2.45) is 0 Å². The lowest BCUT2D eigenvalue weighted by Crippen LogP contribution is -2.01. The van der Waals surface area contributed by atoms with Crippen molar-refractivity contribution in [3.05, 3.63) is 174 Å². The number of para-hydroxylation sites is 5. The van der Waals surface area contributed by atoms with Crippen LogP contribution in [0.3, 0.4) is 0 Å². The summed E-state index contributed by atoms with van der Waals surface area (Å²) in [4.78, 5) is 0. The van der Waals surface area contributed by atoms with Crippen LogP contribution >= 0.6 is 0 Å². The van der Waals surface area contributed by atoms with E-state index in [1.165, 1.54) is 21.8 Å². The second-order valence-electron chi connectivity index (χ2n) is 12.3. The minimum absolute atomic E-state index is 0.468. The Kier molecular flexibility index (Phi) is 6.61. The van der Waals surface area contributed by atoms with Gasteiger partial charge in [0.1, 0.15) is 6.07 Å². The molecule has 4 heteroatoms. The van der Waals surface area contributed by atoms with Gasteiger partial charge in [-0.05, 0) is 53.6 Å². The van der Waals surface area contributed by atoms with Gasteiger partial charge in [-0.25, -0.2) is 0 Å². The highest BCUT2D eigenvalue weighted by Gasteiger charge is 2.22. The number of hydrogen-bond donors (Lipinski definition) is 0. The SMILES string of the molecule is N#Cc1ccc(-c2cccc(Cn3c4ccccc4c4ccccc43)c2)c(C#N)c1-c1ccccc1-n1c2ccccc2c2ccccc21. The van der Waals surface area contributed by atoms with E-state index >= 15 is 0 Å². The molecule has 2 heterocycles. The maximum Gasteiger partial charge on any atom is 0.100 e. The highest BCUT2D eigenvalue weighted by molar-refractivity contribution is 6.10. The van der Waals surface area contributed by atoms with Crippen LogP contribution in [-0.2, 0) is 6.54 Å². The summed E-state index contributed by atoms with van der Waals surface area (Å²) in [6, 6.07) is 59.1. The van der Waals surface area contributed by atoms with E-state index in [0.29, 0.717) is 23.2 Å². The first kappa shape index (κ1) is 28.4. The molecule has 0 amide bonds. The van der Waals surface area contributed by atoms with Crippen molar-refractivity contribution in [2.75, 3.05) is 0 Å². The fourth-order valence-corrected chi connectivity index (χ4v) is 7.59. The molecule has 0 aliphatic heterocycles. The van der Waals surface area contributed by atoms with Gasteiger partial charge < -0.3 is 9.13 Å². The van der Waals surface area contributed by atoms with E-state index < -0.39 is 0 Å². The number of nitrogens with zero attached hydrogens (tertiary/aromatic N) is 4. The Hall–Kier alpha value is -6.88. The minimum atomic E-state index is 0.468.